The van der Waals surface area contributed by atoms with Gasteiger partial charge < -0.3 is 79.9 Å². The van der Waals surface area contributed by atoms with Gasteiger partial charge in [-0.25, -0.2) is 0 Å². The van der Waals surface area contributed by atoms with Crippen LogP contribution < -0.4 is 0 Å². The third-order valence-corrected chi connectivity index (χ3v) is 6.09. The van der Waals surface area contributed by atoms with Crippen LogP contribution in [0, 0.1) is 0 Å². The molecule has 16 nitrogen and oxygen atoms in total. The average Bonchev–Trinajstić information content (AvgIpc) is 2.83. The van der Waals surface area contributed by atoms with Crippen LogP contribution in [-0.4, -0.2) is 168 Å². The highest BCUT2D eigenvalue weighted by Crippen LogP contribution is 2.32. The number of rotatable bonds is 7. The van der Waals surface area contributed by atoms with Gasteiger partial charge >= 0.3 is 0 Å². The van der Waals surface area contributed by atoms with Crippen molar-refractivity contribution < 1.29 is 79.9 Å². The summed E-state index contributed by atoms with van der Waals surface area (Å²) < 4.78 is 26.7. The molecule has 0 saturated carbocycles. The quantitative estimate of drug-likeness (QED) is 0.154. The van der Waals surface area contributed by atoms with Crippen LogP contribution in [0.1, 0.15) is 0 Å². The van der Waals surface area contributed by atoms with Gasteiger partial charge in [0, 0.05) is 0 Å². The van der Waals surface area contributed by atoms with Crippen molar-refractivity contribution in [2.45, 2.75) is 92.1 Å². The molecule has 0 bridgehead atoms. The summed E-state index contributed by atoms with van der Waals surface area (Å²) in [5.74, 6) is 0. The SMILES string of the molecule is OC[C@H]1O[C@H](O[C@H]2[C@H](O[C@H]3O[C@H](CO)[C@@H](O)[C@H](O)[C@H]3O)[C@@H](O)C(O)O[C@@H]2CO)[C@H](O)[C@@H](O)[C@@H]1O. The second-order valence-electron chi connectivity index (χ2n) is 8.33. The molecule has 3 heterocycles. The van der Waals surface area contributed by atoms with E-state index in [1.54, 1.807) is 0 Å². The van der Waals surface area contributed by atoms with Crippen LogP contribution in [0.15, 0.2) is 0 Å². The van der Waals surface area contributed by atoms with Crippen LogP contribution in [0.3, 0.4) is 0 Å². The molecule has 0 radical (unpaired) electrons. The molecule has 16 heteroatoms. The lowest BCUT2D eigenvalue weighted by molar-refractivity contribution is -0.383. The van der Waals surface area contributed by atoms with Gasteiger partial charge in [-0.15, -0.1) is 0 Å². The molecular formula is C18H32O16. The number of ether oxygens (including phenoxy) is 5. The van der Waals surface area contributed by atoms with E-state index in [9.17, 15) is 56.2 Å². The van der Waals surface area contributed by atoms with Crippen molar-refractivity contribution in [1.29, 1.82) is 0 Å². The molecule has 0 aromatic heterocycles. The van der Waals surface area contributed by atoms with E-state index in [0.29, 0.717) is 0 Å². The first-order valence-electron chi connectivity index (χ1n) is 10.6. The fourth-order valence-corrected chi connectivity index (χ4v) is 4.04. The summed E-state index contributed by atoms with van der Waals surface area (Å²) in [6.07, 6.45) is -25.6. The van der Waals surface area contributed by atoms with Gasteiger partial charge in [-0.05, 0) is 0 Å². The van der Waals surface area contributed by atoms with E-state index in [1.807, 2.05) is 0 Å². The minimum atomic E-state index is -1.93. The molecule has 0 aromatic rings. The van der Waals surface area contributed by atoms with Crippen LogP contribution in [0.2, 0.25) is 0 Å². The lowest BCUT2D eigenvalue weighted by Crippen LogP contribution is -2.67. The van der Waals surface area contributed by atoms with Crippen LogP contribution in [0.25, 0.3) is 0 Å². The molecule has 0 aliphatic carbocycles. The predicted octanol–water partition coefficient (Wildman–Crippen LogP) is -7.57. The molecule has 3 aliphatic heterocycles. The predicted molar refractivity (Wildman–Crippen MR) is 101 cm³/mol. The molecule has 3 fully saturated rings. The van der Waals surface area contributed by atoms with Crippen molar-refractivity contribution >= 4 is 0 Å². The Kier molecular flexibility index (Phi) is 9.54. The lowest BCUT2D eigenvalue weighted by Gasteiger charge is -2.48. The Morgan fingerprint density at radius 2 is 0.853 bits per heavy atom. The van der Waals surface area contributed by atoms with Crippen molar-refractivity contribution in [3.63, 3.8) is 0 Å². The van der Waals surface area contributed by atoms with E-state index in [-0.39, 0.29) is 0 Å². The van der Waals surface area contributed by atoms with Crippen LogP contribution in [0.4, 0.5) is 0 Å². The molecule has 0 aromatic carbocycles. The van der Waals surface area contributed by atoms with Gasteiger partial charge in [0.2, 0.25) is 0 Å². The van der Waals surface area contributed by atoms with Gasteiger partial charge in [-0.1, -0.05) is 0 Å². The van der Waals surface area contributed by atoms with Crippen LogP contribution in [-0.2, 0) is 23.7 Å². The average molecular weight is 504 g/mol. The zero-order valence-electron chi connectivity index (χ0n) is 17.7. The third-order valence-electron chi connectivity index (χ3n) is 6.09. The Labute approximate surface area is 192 Å². The summed E-state index contributed by atoms with van der Waals surface area (Å²) in [5, 5.41) is 109. The molecule has 0 amide bonds. The molecule has 3 rings (SSSR count). The first-order valence-corrected chi connectivity index (χ1v) is 10.6. The van der Waals surface area contributed by atoms with E-state index >= 15 is 0 Å². The third kappa shape index (κ3) is 5.37. The maximum atomic E-state index is 10.5. The number of aliphatic hydroxyl groups excluding tert-OH is 11. The van der Waals surface area contributed by atoms with Crippen LogP contribution >= 0.6 is 0 Å². The first kappa shape index (κ1) is 27.9. The molecule has 11 N–H and O–H groups in total. The zero-order valence-corrected chi connectivity index (χ0v) is 17.7. The fraction of sp³-hybridized carbons (Fsp3) is 1.00. The summed E-state index contributed by atoms with van der Waals surface area (Å²) in [4.78, 5) is 0. The molecular weight excluding hydrogens is 472 g/mol. The zero-order chi connectivity index (χ0) is 25.3. The fourth-order valence-electron chi connectivity index (χ4n) is 4.04. The van der Waals surface area contributed by atoms with Crippen molar-refractivity contribution in [1.82, 2.24) is 0 Å². The highest BCUT2D eigenvalue weighted by molar-refractivity contribution is 4.96. The first-order chi connectivity index (χ1) is 16.0. The molecule has 1 unspecified atom stereocenters. The Hall–Kier alpha value is -0.640. The molecule has 34 heavy (non-hydrogen) atoms. The van der Waals surface area contributed by atoms with E-state index in [0.717, 1.165) is 0 Å². The topological polar surface area (TPSA) is 269 Å². The summed E-state index contributed by atoms with van der Waals surface area (Å²) in [5.41, 5.74) is 0. The van der Waals surface area contributed by atoms with E-state index in [4.69, 9.17) is 23.7 Å². The molecule has 200 valence electrons. The number of hydrogen-bond donors (Lipinski definition) is 11. The monoisotopic (exact) mass is 504 g/mol. The summed E-state index contributed by atoms with van der Waals surface area (Å²) in [6.45, 7) is -2.35. The number of hydrogen-bond acceptors (Lipinski definition) is 16. The summed E-state index contributed by atoms with van der Waals surface area (Å²) in [6, 6.07) is 0. The Morgan fingerprint density at radius 3 is 1.26 bits per heavy atom. The normalized spacial score (nSPS) is 52.5. The van der Waals surface area contributed by atoms with E-state index < -0.39 is 112 Å². The lowest BCUT2D eigenvalue weighted by atomic mass is 9.96. The Morgan fingerprint density at radius 1 is 0.441 bits per heavy atom. The van der Waals surface area contributed by atoms with Gasteiger partial charge in [-0.3, -0.25) is 0 Å². The van der Waals surface area contributed by atoms with Gasteiger partial charge in [-0.2, -0.15) is 0 Å². The Balaban J connectivity index is 1.84. The van der Waals surface area contributed by atoms with E-state index in [2.05, 4.69) is 0 Å². The van der Waals surface area contributed by atoms with Gasteiger partial charge in [0.15, 0.2) is 18.9 Å². The van der Waals surface area contributed by atoms with E-state index in [1.165, 1.54) is 0 Å². The summed E-state index contributed by atoms with van der Waals surface area (Å²) in [7, 11) is 0. The molecule has 15 atom stereocenters. The number of aliphatic hydroxyl groups is 11. The Bertz CT molecular complexity index is 599. The smallest absolute Gasteiger partial charge is 0.187 e. The van der Waals surface area contributed by atoms with Gasteiger partial charge in [0.05, 0.1) is 19.8 Å². The van der Waals surface area contributed by atoms with Crippen molar-refractivity contribution in [3.8, 4) is 0 Å². The minimum absolute atomic E-state index is 0.762. The summed E-state index contributed by atoms with van der Waals surface area (Å²) >= 11 is 0. The van der Waals surface area contributed by atoms with Crippen molar-refractivity contribution in [2.24, 2.45) is 0 Å². The highest BCUT2D eigenvalue weighted by atomic mass is 16.8. The maximum Gasteiger partial charge on any atom is 0.187 e. The minimum Gasteiger partial charge on any atom is -0.394 e. The molecule has 0 spiro atoms. The van der Waals surface area contributed by atoms with Crippen molar-refractivity contribution in [2.75, 3.05) is 19.8 Å². The second-order valence-corrected chi connectivity index (χ2v) is 8.33. The molecule has 3 saturated heterocycles. The van der Waals surface area contributed by atoms with Crippen molar-refractivity contribution in [3.05, 3.63) is 0 Å². The van der Waals surface area contributed by atoms with Gasteiger partial charge in [0.25, 0.3) is 0 Å². The van der Waals surface area contributed by atoms with Crippen LogP contribution in [0.5, 0.6) is 0 Å². The van der Waals surface area contributed by atoms with Gasteiger partial charge in [0.1, 0.15) is 73.2 Å². The largest absolute Gasteiger partial charge is 0.394 e. The second kappa shape index (κ2) is 11.6. The molecule has 3 aliphatic rings. The standard InChI is InChI=1S/C18H32O16/c19-1-4-7(22)9(24)11(26)17(31-4)33-14-6(3-21)30-16(29)13(28)15(14)34-18-12(27)10(25)8(23)5(2-20)32-18/h4-29H,1-3H2/t4-,5-,6-,7-,8-,9+,10+,11-,12-,13-,14-,15-,16?,17-,18-/m1/s1. The highest BCUT2D eigenvalue weighted by Gasteiger charge is 2.53. The maximum absolute atomic E-state index is 10.5.